The third kappa shape index (κ3) is 2.66. The SMILES string of the molecule is CNCc1cn(CCC(N)=O)c2cc(Cl)ccc12. The second kappa shape index (κ2) is 5.42. The van der Waals surface area contributed by atoms with Crippen LogP contribution in [0.5, 0.6) is 0 Å². The van der Waals surface area contributed by atoms with Gasteiger partial charge in [-0.2, -0.15) is 0 Å². The van der Waals surface area contributed by atoms with Crippen LogP contribution in [0.4, 0.5) is 0 Å². The Morgan fingerprint density at radius 2 is 2.28 bits per heavy atom. The quantitative estimate of drug-likeness (QED) is 0.867. The molecule has 2 aromatic rings. The number of carbonyl (C=O) groups is 1. The van der Waals surface area contributed by atoms with E-state index in [9.17, 15) is 4.79 Å². The van der Waals surface area contributed by atoms with Crippen LogP contribution in [0.3, 0.4) is 0 Å². The summed E-state index contributed by atoms with van der Waals surface area (Å²) < 4.78 is 2.03. The van der Waals surface area contributed by atoms with E-state index in [4.69, 9.17) is 17.3 Å². The zero-order valence-corrected chi connectivity index (χ0v) is 11.0. The van der Waals surface area contributed by atoms with Gasteiger partial charge in [0.15, 0.2) is 0 Å². The summed E-state index contributed by atoms with van der Waals surface area (Å²) in [7, 11) is 1.91. The molecule has 18 heavy (non-hydrogen) atoms. The maximum Gasteiger partial charge on any atom is 0.219 e. The summed E-state index contributed by atoms with van der Waals surface area (Å²) in [6.07, 6.45) is 2.37. The third-order valence-electron chi connectivity index (χ3n) is 2.89. The number of nitrogens with two attached hydrogens (primary N) is 1. The molecule has 0 aliphatic carbocycles. The first-order chi connectivity index (χ1) is 8.61. The number of hydrogen-bond acceptors (Lipinski definition) is 2. The predicted molar refractivity (Wildman–Crippen MR) is 73.5 cm³/mol. The number of nitrogens with zero attached hydrogens (tertiary/aromatic N) is 1. The van der Waals surface area contributed by atoms with Gasteiger partial charge < -0.3 is 15.6 Å². The van der Waals surface area contributed by atoms with E-state index in [0.29, 0.717) is 18.0 Å². The molecule has 1 aromatic carbocycles. The average molecular weight is 266 g/mol. The highest BCUT2D eigenvalue weighted by molar-refractivity contribution is 6.31. The number of hydrogen-bond donors (Lipinski definition) is 2. The van der Waals surface area contributed by atoms with Gasteiger partial charge in [-0.05, 0) is 24.7 Å². The van der Waals surface area contributed by atoms with Crippen molar-refractivity contribution in [3.8, 4) is 0 Å². The van der Waals surface area contributed by atoms with E-state index < -0.39 is 0 Å². The van der Waals surface area contributed by atoms with Crippen molar-refractivity contribution in [1.82, 2.24) is 9.88 Å². The number of nitrogens with one attached hydrogen (secondary N) is 1. The van der Waals surface area contributed by atoms with E-state index in [-0.39, 0.29) is 5.91 Å². The van der Waals surface area contributed by atoms with E-state index in [1.807, 2.05) is 36.0 Å². The molecule has 4 nitrogen and oxygen atoms in total. The molecule has 0 bridgehead atoms. The lowest BCUT2D eigenvalue weighted by atomic mass is 10.2. The fourth-order valence-electron chi connectivity index (χ4n) is 2.09. The van der Waals surface area contributed by atoms with Crippen molar-refractivity contribution in [2.75, 3.05) is 7.05 Å². The Morgan fingerprint density at radius 3 is 2.94 bits per heavy atom. The summed E-state index contributed by atoms with van der Waals surface area (Å²) in [5.74, 6) is -0.297. The lowest BCUT2D eigenvalue weighted by molar-refractivity contribution is -0.118. The second-order valence-electron chi connectivity index (χ2n) is 4.26. The van der Waals surface area contributed by atoms with Crippen molar-refractivity contribution in [3.05, 3.63) is 35.0 Å². The highest BCUT2D eigenvalue weighted by Gasteiger charge is 2.09. The molecule has 1 amide bonds. The monoisotopic (exact) mass is 265 g/mol. The largest absolute Gasteiger partial charge is 0.370 e. The van der Waals surface area contributed by atoms with Gasteiger partial charge in [0.2, 0.25) is 5.91 Å². The Morgan fingerprint density at radius 1 is 1.50 bits per heavy atom. The summed E-state index contributed by atoms with van der Waals surface area (Å²) in [6.45, 7) is 1.36. The Bertz CT molecular complexity index is 577. The topological polar surface area (TPSA) is 60.1 Å². The van der Waals surface area contributed by atoms with Gasteiger partial charge in [0.05, 0.1) is 0 Å². The highest BCUT2D eigenvalue weighted by atomic mass is 35.5. The van der Waals surface area contributed by atoms with Gasteiger partial charge in [0.1, 0.15) is 0 Å². The van der Waals surface area contributed by atoms with Crippen molar-refractivity contribution in [1.29, 1.82) is 0 Å². The van der Waals surface area contributed by atoms with E-state index in [2.05, 4.69) is 5.32 Å². The number of amides is 1. The molecule has 5 heteroatoms. The van der Waals surface area contributed by atoms with Gasteiger partial charge in [-0.25, -0.2) is 0 Å². The van der Waals surface area contributed by atoms with E-state index in [1.54, 1.807) is 0 Å². The molecule has 0 spiro atoms. The summed E-state index contributed by atoms with van der Waals surface area (Å²) in [4.78, 5) is 10.9. The van der Waals surface area contributed by atoms with Crippen LogP contribution in [0, 0.1) is 0 Å². The van der Waals surface area contributed by atoms with Crippen molar-refractivity contribution in [2.24, 2.45) is 5.73 Å². The lowest BCUT2D eigenvalue weighted by Crippen LogP contribution is -2.13. The molecule has 0 unspecified atom stereocenters. The van der Waals surface area contributed by atoms with E-state index >= 15 is 0 Å². The van der Waals surface area contributed by atoms with Crippen LogP contribution in [0.2, 0.25) is 5.02 Å². The van der Waals surface area contributed by atoms with Gasteiger partial charge >= 0.3 is 0 Å². The van der Waals surface area contributed by atoms with Gasteiger partial charge in [-0.3, -0.25) is 4.79 Å². The molecule has 0 aliphatic rings. The van der Waals surface area contributed by atoms with Crippen LogP contribution in [0.1, 0.15) is 12.0 Å². The molecule has 0 radical (unpaired) electrons. The minimum atomic E-state index is -0.297. The molecule has 0 fully saturated rings. The number of aromatic nitrogens is 1. The van der Waals surface area contributed by atoms with E-state index in [0.717, 1.165) is 17.4 Å². The van der Waals surface area contributed by atoms with Crippen LogP contribution in [0.15, 0.2) is 24.4 Å². The van der Waals surface area contributed by atoms with Crippen molar-refractivity contribution < 1.29 is 4.79 Å². The van der Waals surface area contributed by atoms with Crippen LogP contribution in [0.25, 0.3) is 10.9 Å². The van der Waals surface area contributed by atoms with Crippen molar-refractivity contribution >= 4 is 28.4 Å². The molecule has 0 saturated heterocycles. The van der Waals surface area contributed by atoms with Crippen molar-refractivity contribution in [3.63, 3.8) is 0 Å². The number of fused-ring (bicyclic) bond motifs is 1. The molecule has 1 aromatic heterocycles. The number of aryl methyl sites for hydroxylation is 1. The Hall–Kier alpha value is -1.52. The maximum absolute atomic E-state index is 10.9. The number of carbonyl (C=O) groups excluding carboxylic acids is 1. The first-order valence-corrected chi connectivity index (χ1v) is 6.20. The average Bonchev–Trinajstić information content (AvgIpc) is 2.65. The molecule has 96 valence electrons. The summed E-state index contributed by atoms with van der Waals surface area (Å²) in [5.41, 5.74) is 7.41. The van der Waals surface area contributed by atoms with Gasteiger partial charge in [0.25, 0.3) is 0 Å². The minimum Gasteiger partial charge on any atom is -0.370 e. The normalized spacial score (nSPS) is 11.0. The van der Waals surface area contributed by atoms with E-state index in [1.165, 1.54) is 5.56 Å². The first kappa shape index (κ1) is 12.9. The second-order valence-corrected chi connectivity index (χ2v) is 4.69. The number of primary amides is 1. The van der Waals surface area contributed by atoms with Crippen molar-refractivity contribution in [2.45, 2.75) is 19.5 Å². The molecule has 0 saturated carbocycles. The molecular formula is C13H16ClN3O. The highest BCUT2D eigenvalue weighted by Crippen LogP contribution is 2.25. The maximum atomic E-state index is 10.9. The Labute approximate surface area is 111 Å². The molecule has 3 N–H and O–H groups in total. The summed E-state index contributed by atoms with van der Waals surface area (Å²) >= 11 is 6.02. The smallest absolute Gasteiger partial charge is 0.219 e. The summed E-state index contributed by atoms with van der Waals surface area (Å²) in [6, 6.07) is 5.80. The molecule has 1 heterocycles. The van der Waals surface area contributed by atoms with Crippen LogP contribution >= 0.6 is 11.6 Å². The van der Waals surface area contributed by atoms with Gasteiger partial charge in [-0.1, -0.05) is 17.7 Å². The predicted octanol–water partition coefficient (Wildman–Crippen LogP) is 1.89. The van der Waals surface area contributed by atoms with Crippen LogP contribution in [-0.4, -0.2) is 17.5 Å². The minimum absolute atomic E-state index is 0.297. The first-order valence-electron chi connectivity index (χ1n) is 5.82. The fourth-order valence-corrected chi connectivity index (χ4v) is 2.25. The standard InChI is InChI=1S/C13H16ClN3O/c1-16-7-9-8-17(5-4-13(15)18)12-6-10(14)2-3-11(9)12/h2-3,6,8,16H,4-5,7H2,1H3,(H2,15,18). The summed E-state index contributed by atoms with van der Waals surface area (Å²) in [5, 5.41) is 4.97. The van der Waals surface area contributed by atoms with Crippen LogP contribution in [-0.2, 0) is 17.9 Å². The number of halogens is 1. The van der Waals surface area contributed by atoms with Gasteiger partial charge in [0, 0.05) is 41.6 Å². The lowest BCUT2D eigenvalue weighted by Gasteiger charge is -2.03. The zero-order chi connectivity index (χ0) is 13.1. The number of rotatable bonds is 5. The number of benzene rings is 1. The Kier molecular flexibility index (Phi) is 3.89. The molecule has 0 atom stereocenters. The third-order valence-corrected chi connectivity index (χ3v) is 3.13. The Balaban J connectivity index is 2.44. The zero-order valence-electron chi connectivity index (χ0n) is 10.2. The molecule has 0 aliphatic heterocycles. The molecular weight excluding hydrogens is 250 g/mol. The molecule has 2 rings (SSSR count). The fraction of sp³-hybridized carbons (Fsp3) is 0.308. The van der Waals surface area contributed by atoms with Crippen LogP contribution < -0.4 is 11.1 Å². The van der Waals surface area contributed by atoms with Gasteiger partial charge in [-0.15, -0.1) is 0 Å².